The van der Waals surface area contributed by atoms with Crippen molar-refractivity contribution < 1.29 is 9.53 Å². The Morgan fingerprint density at radius 2 is 2.35 bits per heavy atom. The zero-order valence-corrected chi connectivity index (χ0v) is 12.3. The molecule has 0 bridgehead atoms. The normalized spacial score (nSPS) is 10.6. The quantitative estimate of drug-likeness (QED) is 0.886. The van der Waals surface area contributed by atoms with Gasteiger partial charge in [0, 0.05) is 17.6 Å². The Balaban J connectivity index is 1.84. The molecule has 0 saturated heterocycles. The topological polar surface area (TPSA) is 64.1 Å². The van der Waals surface area contributed by atoms with Crippen LogP contribution in [0, 0.1) is 0 Å². The third kappa shape index (κ3) is 4.62. The van der Waals surface area contributed by atoms with Crippen molar-refractivity contribution in [1.29, 1.82) is 0 Å². The molecule has 2 aromatic rings. The lowest BCUT2D eigenvalue weighted by Crippen LogP contribution is -2.31. The number of ether oxygens (including phenoxy) is 1. The lowest BCUT2D eigenvalue weighted by molar-refractivity contribution is -0.120. The zero-order chi connectivity index (χ0) is 14.4. The molecule has 1 N–H and O–H groups in total. The minimum atomic E-state index is -0.00923. The van der Waals surface area contributed by atoms with Gasteiger partial charge in [0.2, 0.25) is 5.91 Å². The summed E-state index contributed by atoms with van der Waals surface area (Å²) in [6.07, 6.45) is 3.66. The summed E-state index contributed by atoms with van der Waals surface area (Å²) in [6.45, 7) is 4.26. The highest BCUT2D eigenvalue weighted by Crippen LogP contribution is 2.14. The van der Waals surface area contributed by atoms with E-state index in [0.29, 0.717) is 18.8 Å². The molecular formula is C14H17N3O2S. The summed E-state index contributed by atoms with van der Waals surface area (Å²) in [5.41, 5.74) is 0.776. The van der Waals surface area contributed by atoms with Crippen LogP contribution in [-0.2, 0) is 17.8 Å². The van der Waals surface area contributed by atoms with E-state index in [2.05, 4.69) is 15.3 Å². The third-order valence-corrected chi connectivity index (χ3v) is 3.26. The van der Waals surface area contributed by atoms with Gasteiger partial charge in [0.25, 0.3) is 0 Å². The van der Waals surface area contributed by atoms with Crippen LogP contribution < -0.4 is 10.1 Å². The molecule has 2 rings (SSSR count). The molecule has 0 aliphatic rings. The molecule has 5 nitrogen and oxygen atoms in total. The van der Waals surface area contributed by atoms with Gasteiger partial charge in [0.15, 0.2) is 0 Å². The van der Waals surface area contributed by atoms with E-state index in [1.165, 1.54) is 11.3 Å². The summed E-state index contributed by atoms with van der Waals surface area (Å²) >= 11 is 1.49. The maximum Gasteiger partial charge on any atom is 0.226 e. The van der Waals surface area contributed by atoms with Crippen molar-refractivity contribution >= 4 is 17.2 Å². The standard InChI is InChI=1S/C14H17N3O2S/c1-10(2)16-13(18)6-11-9-20-14(17-11)8-19-12-4-3-5-15-7-12/h3-5,7,9-10H,6,8H2,1-2H3,(H,16,18). The minimum Gasteiger partial charge on any atom is -0.485 e. The second-order valence-corrected chi connectivity index (χ2v) is 5.55. The average Bonchev–Trinajstić information content (AvgIpc) is 2.84. The van der Waals surface area contributed by atoms with Gasteiger partial charge >= 0.3 is 0 Å². The minimum absolute atomic E-state index is 0.00923. The second kappa shape index (κ2) is 7.00. The lowest BCUT2D eigenvalue weighted by Gasteiger charge is -2.06. The Bertz CT molecular complexity index is 555. The first-order valence-corrected chi connectivity index (χ1v) is 7.27. The largest absolute Gasteiger partial charge is 0.485 e. The molecule has 0 unspecified atom stereocenters. The van der Waals surface area contributed by atoms with E-state index in [9.17, 15) is 4.79 Å². The first-order valence-electron chi connectivity index (χ1n) is 6.39. The van der Waals surface area contributed by atoms with Crippen LogP contribution >= 0.6 is 11.3 Å². The Morgan fingerprint density at radius 1 is 1.50 bits per heavy atom. The van der Waals surface area contributed by atoms with Crippen LogP contribution in [-0.4, -0.2) is 21.9 Å². The fraction of sp³-hybridized carbons (Fsp3) is 0.357. The van der Waals surface area contributed by atoms with E-state index in [4.69, 9.17) is 4.74 Å². The van der Waals surface area contributed by atoms with E-state index in [0.717, 1.165) is 10.7 Å². The molecule has 0 spiro atoms. The fourth-order valence-corrected chi connectivity index (χ4v) is 2.32. The van der Waals surface area contributed by atoms with Crippen LogP contribution in [0.4, 0.5) is 0 Å². The third-order valence-electron chi connectivity index (χ3n) is 2.39. The number of rotatable bonds is 6. The first-order chi connectivity index (χ1) is 9.63. The number of aromatic nitrogens is 2. The molecule has 20 heavy (non-hydrogen) atoms. The predicted molar refractivity (Wildman–Crippen MR) is 77.7 cm³/mol. The van der Waals surface area contributed by atoms with E-state index >= 15 is 0 Å². The number of pyridine rings is 1. The van der Waals surface area contributed by atoms with Crippen molar-refractivity contribution in [3.05, 3.63) is 40.6 Å². The van der Waals surface area contributed by atoms with Crippen molar-refractivity contribution in [2.75, 3.05) is 0 Å². The van der Waals surface area contributed by atoms with Gasteiger partial charge in [-0.2, -0.15) is 0 Å². The monoisotopic (exact) mass is 291 g/mol. The van der Waals surface area contributed by atoms with Gasteiger partial charge in [-0.05, 0) is 26.0 Å². The van der Waals surface area contributed by atoms with E-state index < -0.39 is 0 Å². The SMILES string of the molecule is CC(C)NC(=O)Cc1csc(COc2cccnc2)n1. The van der Waals surface area contributed by atoms with E-state index in [-0.39, 0.29) is 11.9 Å². The molecular weight excluding hydrogens is 274 g/mol. The molecule has 2 heterocycles. The van der Waals surface area contributed by atoms with Gasteiger partial charge in [-0.1, -0.05) is 0 Å². The summed E-state index contributed by atoms with van der Waals surface area (Å²) in [5, 5.41) is 5.58. The maximum absolute atomic E-state index is 11.6. The van der Waals surface area contributed by atoms with E-state index in [1.54, 1.807) is 12.4 Å². The molecule has 0 aliphatic carbocycles. The van der Waals surface area contributed by atoms with Crippen LogP contribution in [0.15, 0.2) is 29.9 Å². The number of amides is 1. The number of nitrogens with zero attached hydrogens (tertiary/aromatic N) is 2. The number of nitrogens with one attached hydrogen (secondary N) is 1. The summed E-state index contributed by atoms with van der Waals surface area (Å²) in [5.74, 6) is 0.701. The van der Waals surface area contributed by atoms with Crippen molar-refractivity contribution in [2.24, 2.45) is 0 Å². The number of carbonyl (C=O) groups excluding carboxylic acids is 1. The Hall–Kier alpha value is -1.95. The highest BCUT2D eigenvalue weighted by molar-refractivity contribution is 7.09. The van der Waals surface area contributed by atoms with Gasteiger partial charge in [-0.3, -0.25) is 9.78 Å². The molecule has 0 fully saturated rings. The van der Waals surface area contributed by atoms with Crippen LogP contribution in [0.2, 0.25) is 0 Å². The highest BCUT2D eigenvalue weighted by atomic mass is 32.1. The van der Waals surface area contributed by atoms with Crippen LogP contribution in [0.5, 0.6) is 5.75 Å². The van der Waals surface area contributed by atoms with Gasteiger partial charge < -0.3 is 10.1 Å². The maximum atomic E-state index is 11.6. The fourth-order valence-electron chi connectivity index (χ4n) is 1.61. The Labute approximate surface area is 122 Å². The van der Waals surface area contributed by atoms with Gasteiger partial charge in [0.1, 0.15) is 17.4 Å². The zero-order valence-electron chi connectivity index (χ0n) is 11.5. The molecule has 6 heteroatoms. The van der Waals surface area contributed by atoms with Crippen LogP contribution in [0.3, 0.4) is 0 Å². The average molecular weight is 291 g/mol. The molecule has 106 valence electrons. The Kier molecular flexibility index (Phi) is 5.06. The second-order valence-electron chi connectivity index (χ2n) is 4.61. The van der Waals surface area contributed by atoms with Crippen molar-refractivity contribution in [3.63, 3.8) is 0 Å². The molecule has 0 atom stereocenters. The van der Waals surface area contributed by atoms with E-state index in [1.807, 2.05) is 31.4 Å². The molecule has 0 aliphatic heterocycles. The highest BCUT2D eigenvalue weighted by Gasteiger charge is 2.09. The first kappa shape index (κ1) is 14.5. The van der Waals surface area contributed by atoms with Gasteiger partial charge in [-0.25, -0.2) is 4.98 Å². The van der Waals surface area contributed by atoms with Crippen molar-refractivity contribution in [2.45, 2.75) is 32.9 Å². The molecule has 2 aromatic heterocycles. The van der Waals surface area contributed by atoms with Crippen LogP contribution in [0.1, 0.15) is 24.5 Å². The molecule has 1 amide bonds. The molecule has 0 radical (unpaired) electrons. The smallest absolute Gasteiger partial charge is 0.226 e. The van der Waals surface area contributed by atoms with Gasteiger partial charge in [0.05, 0.1) is 18.3 Å². The number of hydrogen-bond donors (Lipinski definition) is 1. The summed E-state index contributed by atoms with van der Waals surface area (Å²) in [7, 11) is 0. The van der Waals surface area contributed by atoms with Crippen LogP contribution in [0.25, 0.3) is 0 Å². The molecule has 0 aromatic carbocycles. The van der Waals surface area contributed by atoms with Crippen molar-refractivity contribution in [3.8, 4) is 5.75 Å². The molecule has 0 saturated carbocycles. The van der Waals surface area contributed by atoms with Crippen molar-refractivity contribution in [1.82, 2.24) is 15.3 Å². The van der Waals surface area contributed by atoms with Gasteiger partial charge in [-0.15, -0.1) is 11.3 Å². The number of carbonyl (C=O) groups is 1. The Morgan fingerprint density at radius 3 is 3.05 bits per heavy atom. The lowest BCUT2D eigenvalue weighted by atomic mass is 10.3. The number of thiazole rings is 1. The predicted octanol–water partition coefficient (Wildman–Crippen LogP) is 2.18. The summed E-state index contributed by atoms with van der Waals surface area (Å²) in [4.78, 5) is 20.0. The summed E-state index contributed by atoms with van der Waals surface area (Å²) < 4.78 is 5.56. The summed E-state index contributed by atoms with van der Waals surface area (Å²) in [6, 6.07) is 3.81. The number of hydrogen-bond acceptors (Lipinski definition) is 5.